The van der Waals surface area contributed by atoms with Crippen molar-refractivity contribution in [2.75, 3.05) is 12.5 Å². The largest absolute Gasteiger partial charge is 0.378 e. The molecule has 0 radical (unpaired) electrons. The van der Waals surface area contributed by atoms with Crippen molar-refractivity contribution in [3.05, 3.63) is 10.0 Å². The van der Waals surface area contributed by atoms with Crippen LogP contribution in [0.15, 0.2) is 0 Å². The minimum Gasteiger partial charge on any atom is -0.378 e. The van der Waals surface area contributed by atoms with E-state index in [9.17, 15) is 0 Å². The van der Waals surface area contributed by atoms with Gasteiger partial charge < -0.3 is 4.74 Å². The highest BCUT2D eigenvalue weighted by Crippen LogP contribution is 2.19. The van der Waals surface area contributed by atoms with Gasteiger partial charge >= 0.3 is 0 Å². The Hall–Kier alpha value is -0.190. The molecule has 0 aliphatic carbocycles. The number of rotatable bonds is 5. The lowest BCUT2D eigenvalue weighted by molar-refractivity contribution is 0.0115. The van der Waals surface area contributed by atoms with Gasteiger partial charge in [-0.1, -0.05) is 0 Å². The predicted molar refractivity (Wildman–Crippen MR) is 66.2 cm³/mol. The van der Waals surface area contributed by atoms with Crippen LogP contribution in [0.2, 0.25) is 0 Å². The summed E-state index contributed by atoms with van der Waals surface area (Å²) in [6.45, 7) is 0.929. The molecule has 1 aliphatic rings. The first kappa shape index (κ1) is 12.3. The van der Waals surface area contributed by atoms with Crippen LogP contribution in [0.1, 0.15) is 35.7 Å². The number of aryl methyl sites for hydroxylation is 2. The third-order valence-electron chi connectivity index (χ3n) is 2.77. The fourth-order valence-electron chi connectivity index (χ4n) is 1.89. The fourth-order valence-corrected chi connectivity index (χ4v) is 3.04. The number of halogens is 1. The van der Waals surface area contributed by atoms with Crippen LogP contribution < -0.4 is 0 Å². The normalized spacial score (nSPS) is 21.2. The third-order valence-corrected chi connectivity index (χ3v) is 4.00. The van der Waals surface area contributed by atoms with Crippen LogP contribution in [0, 0.1) is 0 Å². The van der Waals surface area contributed by atoms with Crippen molar-refractivity contribution in [1.82, 2.24) is 10.2 Å². The molecule has 0 N–H and O–H groups in total. The zero-order chi connectivity index (χ0) is 11.2. The predicted octanol–water partition coefficient (Wildman–Crippen LogP) is 2.82. The Morgan fingerprint density at radius 1 is 1.25 bits per heavy atom. The van der Waals surface area contributed by atoms with Crippen molar-refractivity contribution in [3.63, 3.8) is 0 Å². The Labute approximate surface area is 105 Å². The highest BCUT2D eigenvalue weighted by molar-refractivity contribution is 7.11. The number of hydrogen-bond donors (Lipinski definition) is 0. The molecule has 3 nitrogen and oxygen atoms in total. The lowest BCUT2D eigenvalue weighted by Gasteiger charge is -2.21. The SMILES string of the molecule is ClCCc1nnc(CCC2CCCCO2)s1. The van der Waals surface area contributed by atoms with Crippen molar-refractivity contribution in [2.45, 2.75) is 44.6 Å². The van der Waals surface area contributed by atoms with E-state index in [1.54, 1.807) is 11.3 Å². The van der Waals surface area contributed by atoms with Crippen LogP contribution in [0.4, 0.5) is 0 Å². The number of ether oxygens (including phenoxy) is 1. The second-order valence-corrected chi connectivity index (χ2v) is 5.58. The van der Waals surface area contributed by atoms with Gasteiger partial charge in [-0.05, 0) is 25.7 Å². The molecule has 16 heavy (non-hydrogen) atoms. The van der Waals surface area contributed by atoms with E-state index in [2.05, 4.69) is 10.2 Å². The van der Waals surface area contributed by atoms with E-state index in [1.807, 2.05) is 0 Å². The Bertz CT molecular complexity index is 313. The lowest BCUT2D eigenvalue weighted by Crippen LogP contribution is -2.19. The fraction of sp³-hybridized carbons (Fsp3) is 0.818. The van der Waals surface area contributed by atoms with Crippen LogP contribution in [-0.4, -0.2) is 28.8 Å². The van der Waals surface area contributed by atoms with E-state index in [0.29, 0.717) is 12.0 Å². The molecule has 2 rings (SSSR count). The summed E-state index contributed by atoms with van der Waals surface area (Å²) < 4.78 is 5.69. The summed E-state index contributed by atoms with van der Waals surface area (Å²) in [7, 11) is 0. The zero-order valence-corrected chi connectivity index (χ0v) is 10.9. The Morgan fingerprint density at radius 3 is 2.75 bits per heavy atom. The molecule has 0 amide bonds. The van der Waals surface area contributed by atoms with Crippen LogP contribution >= 0.6 is 22.9 Å². The average Bonchev–Trinajstić information content (AvgIpc) is 2.76. The topological polar surface area (TPSA) is 35.0 Å². The molecular weight excluding hydrogens is 244 g/mol. The smallest absolute Gasteiger partial charge is 0.118 e. The van der Waals surface area contributed by atoms with E-state index in [-0.39, 0.29) is 0 Å². The molecule has 2 heterocycles. The zero-order valence-electron chi connectivity index (χ0n) is 9.32. The van der Waals surface area contributed by atoms with Crippen molar-refractivity contribution in [1.29, 1.82) is 0 Å². The molecule has 1 saturated heterocycles. The molecule has 0 saturated carbocycles. The van der Waals surface area contributed by atoms with Gasteiger partial charge in [0.2, 0.25) is 0 Å². The minimum absolute atomic E-state index is 0.439. The highest BCUT2D eigenvalue weighted by atomic mass is 35.5. The van der Waals surface area contributed by atoms with Crippen LogP contribution in [0.25, 0.3) is 0 Å². The van der Waals surface area contributed by atoms with Gasteiger partial charge in [-0.15, -0.1) is 33.1 Å². The van der Waals surface area contributed by atoms with Crippen molar-refractivity contribution >= 4 is 22.9 Å². The summed E-state index contributed by atoms with van der Waals surface area (Å²) in [6, 6.07) is 0. The van der Waals surface area contributed by atoms with Crippen molar-refractivity contribution < 1.29 is 4.74 Å². The first-order valence-electron chi connectivity index (χ1n) is 5.87. The van der Waals surface area contributed by atoms with E-state index < -0.39 is 0 Å². The summed E-state index contributed by atoms with van der Waals surface area (Å²) in [6.07, 6.45) is 7.06. The van der Waals surface area contributed by atoms with E-state index in [1.165, 1.54) is 19.3 Å². The Balaban J connectivity index is 1.75. The summed E-state index contributed by atoms with van der Waals surface area (Å²) in [4.78, 5) is 0. The molecule has 1 unspecified atom stereocenters. The molecule has 5 heteroatoms. The molecule has 0 bridgehead atoms. The Kier molecular flexibility index (Phi) is 5.00. The van der Waals surface area contributed by atoms with E-state index in [0.717, 1.165) is 35.9 Å². The van der Waals surface area contributed by atoms with Crippen LogP contribution in [0.3, 0.4) is 0 Å². The molecule has 1 aromatic rings. The second-order valence-electron chi connectivity index (χ2n) is 4.06. The van der Waals surface area contributed by atoms with E-state index >= 15 is 0 Å². The van der Waals surface area contributed by atoms with Gasteiger partial charge in [0, 0.05) is 25.3 Å². The number of alkyl halides is 1. The van der Waals surface area contributed by atoms with Gasteiger partial charge in [-0.25, -0.2) is 0 Å². The summed E-state index contributed by atoms with van der Waals surface area (Å²) in [5.74, 6) is 0.625. The van der Waals surface area contributed by atoms with Gasteiger partial charge in [0.15, 0.2) is 0 Å². The van der Waals surface area contributed by atoms with Crippen LogP contribution in [0.5, 0.6) is 0 Å². The first-order valence-corrected chi connectivity index (χ1v) is 7.22. The van der Waals surface area contributed by atoms with Gasteiger partial charge in [0.05, 0.1) is 6.10 Å². The number of nitrogens with zero attached hydrogens (tertiary/aromatic N) is 2. The third kappa shape index (κ3) is 3.68. The standard InChI is InChI=1S/C11H17ClN2OS/c12-7-6-11-14-13-10(16-11)5-4-9-3-1-2-8-15-9/h9H,1-8H2. The second kappa shape index (κ2) is 6.52. The minimum atomic E-state index is 0.439. The molecule has 1 atom stereocenters. The van der Waals surface area contributed by atoms with Gasteiger partial charge in [-0.2, -0.15) is 0 Å². The summed E-state index contributed by atoms with van der Waals surface area (Å²) in [5.41, 5.74) is 0. The maximum Gasteiger partial charge on any atom is 0.118 e. The quantitative estimate of drug-likeness (QED) is 0.764. The number of hydrogen-bond acceptors (Lipinski definition) is 4. The van der Waals surface area contributed by atoms with Gasteiger partial charge in [0.25, 0.3) is 0 Å². The summed E-state index contributed by atoms with van der Waals surface area (Å²) >= 11 is 7.35. The lowest BCUT2D eigenvalue weighted by atomic mass is 10.1. The average molecular weight is 261 g/mol. The Morgan fingerprint density at radius 2 is 2.06 bits per heavy atom. The molecule has 1 aliphatic heterocycles. The van der Waals surface area contributed by atoms with Gasteiger partial charge in [0.1, 0.15) is 10.0 Å². The van der Waals surface area contributed by atoms with Crippen LogP contribution in [-0.2, 0) is 17.6 Å². The maximum atomic E-state index is 5.69. The molecule has 90 valence electrons. The highest BCUT2D eigenvalue weighted by Gasteiger charge is 2.14. The van der Waals surface area contributed by atoms with Gasteiger partial charge in [-0.3, -0.25) is 0 Å². The number of aromatic nitrogens is 2. The van der Waals surface area contributed by atoms with Crippen molar-refractivity contribution in [2.24, 2.45) is 0 Å². The maximum absolute atomic E-state index is 5.69. The molecule has 0 aromatic carbocycles. The first-order chi connectivity index (χ1) is 7.88. The molecule has 1 fully saturated rings. The molecule has 0 spiro atoms. The molecular formula is C11H17ClN2OS. The van der Waals surface area contributed by atoms with E-state index in [4.69, 9.17) is 16.3 Å². The van der Waals surface area contributed by atoms with Crippen molar-refractivity contribution in [3.8, 4) is 0 Å². The molecule has 1 aromatic heterocycles. The monoisotopic (exact) mass is 260 g/mol. The summed E-state index contributed by atoms with van der Waals surface area (Å²) in [5, 5.41) is 10.5.